The van der Waals surface area contributed by atoms with Crippen molar-refractivity contribution in [3.05, 3.63) is 23.9 Å². The van der Waals surface area contributed by atoms with E-state index in [1.165, 1.54) is 5.56 Å². The SMILES string of the molecule is CNCc1ccnc(NCC(C)C)c1. The highest BCUT2D eigenvalue weighted by Gasteiger charge is 1.97. The quantitative estimate of drug-likeness (QED) is 0.749. The van der Waals surface area contributed by atoms with Gasteiger partial charge in [0.05, 0.1) is 0 Å². The second-order valence-electron chi connectivity index (χ2n) is 3.85. The molecule has 78 valence electrons. The summed E-state index contributed by atoms with van der Waals surface area (Å²) in [5.41, 5.74) is 1.26. The molecule has 1 rings (SSSR count). The lowest BCUT2D eigenvalue weighted by Gasteiger charge is -2.09. The van der Waals surface area contributed by atoms with Crippen molar-refractivity contribution in [2.45, 2.75) is 20.4 Å². The summed E-state index contributed by atoms with van der Waals surface area (Å²) in [6.07, 6.45) is 1.84. The summed E-state index contributed by atoms with van der Waals surface area (Å²) in [5.74, 6) is 1.61. The lowest BCUT2D eigenvalue weighted by Crippen LogP contribution is -2.10. The van der Waals surface area contributed by atoms with Crippen LogP contribution in [-0.2, 0) is 6.54 Å². The first kappa shape index (κ1) is 11.0. The zero-order chi connectivity index (χ0) is 10.4. The van der Waals surface area contributed by atoms with Crippen LogP contribution in [0.1, 0.15) is 19.4 Å². The van der Waals surface area contributed by atoms with Crippen LogP contribution >= 0.6 is 0 Å². The first-order valence-electron chi connectivity index (χ1n) is 5.05. The Morgan fingerprint density at radius 2 is 2.21 bits per heavy atom. The van der Waals surface area contributed by atoms with Gasteiger partial charge in [0.2, 0.25) is 0 Å². The van der Waals surface area contributed by atoms with E-state index < -0.39 is 0 Å². The monoisotopic (exact) mass is 193 g/mol. The zero-order valence-electron chi connectivity index (χ0n) is 9.17. The van der Waals surface area contributed by atoms with E-state index in [4.69, 9.17) is 0 Å². The van der Waals surface area contributed by atoms with Crippen molar-refractivity contribution in [2.24, 2.45) is 5.92 Å². The molecule has 1 aromatic rings. The molecule has 0 aliphatic rings. The highest BCUT2D eigenvalue weighted by molar-refractivity contribution is 5.37. The Morgan fingerprint density at radius 3 is 2.86 bits per heavy atom. The van der Waals surface area contributed by atoms with Gasteiger partial charge in [0.1, 0.15) is 5.82 Å². The largest absolute Gasteiger partial charge is 0.370 e. The highest BCUT2D eigenvalue weighted by Crippen LogP contribution is 2.07. The van der Waals surface area contributed by atoms with Gasteiger partial charge in [-0.1, -0.05) is 13.8 Å². The molecule has 14 heavy (non-hydrogen) atoms. The smallest absolute Gasteiger partial charge is 0.126 e. The predicted molar refractivity (Wildman–Crippen MR) is 60.3 cm³/mol. The van der Waals surface area contributed by atoms with Crippen molar-refractivity contribution in [2.75, 3.05) is 18.9 Å². The van der Waals surface area contributed by atoms with Crippen LogP contribution in [0.3, 0.4) is 0 Å². The molecule has 1 aromatic heterocycles. The summed E-state index contributed by atoms with van der Waals surface area (Å²) < 4.78 is 0. The summed E-state index contributed by atoms with van der Waals surface area (Å²) in [6, 6.07) is 4.11. The average molecular weight is 193 g/mol. The molecule has 0 radical (unpaired) electrons. The lowest BCUT2D eigenvalue weighted by atomic mass is 10.2. The number of rotatable bonds is 5. The highest BCUT2D eigenvalue weighted by atomic mass is 15.0. The molecule has 3 nitrogen and oxygen atoms in total. The molecule has 0 fully saturated rings. The van der Waals surface area contributed by atoms with E-state index in [1.54, 1.807) is 0 Å². The maximum Gasteiger partial charge on any atom is 0.126 e. The van der Waals surface area contributed by atoms with E-state index in [2.05, 4.69) is 35.5 Å². The minimum Gasteiger partial charge on any atom is -0.370 e. The minimum atomic E-state index is 0.643. The molecule has 0 spiro atoms. The third kappa shape index (κ3) is 3.75. The summed E-state index contributed by atoms with van der Waals surface area (Å²) in [5, 5.41) is 6.42. The van der Waals surface area contributed by atoms with Crippen molar-refractivity contribution < 1.29 is 0 Å². The number of nitrogens with one attached hydrogen (secondary N) is 2. The number of aromatic nitrogens is 1. The minimum absolute atomic E-state index is 0.643. The van der Waals surface area contributed by atoms with Gasteiger partial charge in [-0.05, 0) is 30.7 Å². The second-order valence-corrected chi connectivity index (χ2v) is 3.85. The van der Waals surface area contributed by atoms with Crippen molar-refractivity contribution in [3.63, 3.8) is 0 Å². The maximum absolute atomic E-state index is 4.25. The molecule has 0 unspecified atom stereocenters. The van der Waals surface area contributed by atoms with E-state index in [9.17, 15) is 0 Å². The number of hydrogen-bond acceptors (Lipinski definition) is 3. The van der Waals surface area contributed by atoms with Gasteiger partial charge in [0, 0.05) is 19.3 Å². The van der Waals surface area contributed by atoms with Crippen molar-refractivity contribution >= 4 is 5.82 Å². The standard InChI is InChI=1S/C11H19N3/c1-9(2)7-14-11-6-10(8-12-3)4-5-13-11/h4-6,9,12H,7-8H2,1-3H3,(H,13,14). The van der Waals surface area contributed by atoms with Gasteiger partial charge in [-0.2, -0.15) is 0 Å². The number of hydrogen-bond donors (Lipinski definition) is 2. The van der Waals surface area contributed by atoms with E-state index in [0.717, 1.165) is 18.9 Å². The third-order valence-electron chi connectivity index (χ3n) is 1.90. The Balaban J connectivity index is 2.54. The van der Waals surface area contributed by atoms with Crippen LogP contribution in [0.2, 0.25) is 0 Å². The van der Waals surface area contributed by atoms with Gasteiger partial charge in [-0.25, -0.2) is 4.98 Å². The van der Waals surface area contributed by atoms with Gasteiger partial charge in [-0.3, -0.25) is 0 Å². The summed E-state index contributed by atoms with van der Waals surface area (Å²) >= 11 is 0. The maximum atomic E-state index is 4.25. The molecule has 0 aliphatic heterocycles. The fourth-order valence-corrected chi connectivity index (χ4v) is 1.19. The fraction of sp³-hybridized carbons (Fsp3) is 0.545. The van der Waals surface area contributed by atoms with E-state index in [-0.39, 0.29) is 0 Å². The molecule has 3 heteroatoms. The Bertz CT molecular complexity index is 271. The second kappa shape index (κ2) is 5.60. The van der Waals surface area contributed by atoms with Crippen LogP contribution in [0.4, 0.5) is 5.82 Å². The Morgan fingerprint density at radius 1 is 1.43 bits per heavy atom. The van der Waals surface area contributed by atoms with Gasteiger partial charge in [0.15, 0.2) is 0 Å². The lowest BCUT2D eigenvalue weighted by molar-refractivity contribution is 0.686. The van der Waals surface area contributed by atoms with Crippen molar-refractivity contribution in [3.8, 4) is 0 Å². The molecule has 0 aliphatic carbocycles. The Hall–Kier alpha value is -1.09. The van der Waals surface area contributed by atoms with E-state index in [0.29, 0.717) is 5.92 Å². The molecule has 0 bridgehead atoms. The number of pyridine rings is 1. The van der Waals surface area contributed by atoms with Crippen LogP contribution in [0.5, 0.6) is 0 Å². The van der Waals surface area contributed by atoms with Crippen LogP contribution in [-0.4, -0.2) is 18.6 Å². The zero-order valence-corrected chi connectivity index (χ0v) is 9.17. The van der Waals surface area contributed by atoms with Crippen molar-refractivity contribution in [1.29, 1.82) is 0 Å². The molecular formula is C11H19N3. The van der Waals surface area contributed by atoms with Gasteiger partial charge < -0.3 is 10.6 Å². The Kier molecular flexibility index (Phi) is 4.40. The molecule has 2 N–H and O–H groups in total. The number of anilines is 1. The Labute approximate surface area is 85.9 Å². The van der Waals surface area contributed by atoms with Gasteiger partial charge in [-0.15, -0.1) is 0 Å². The molecule has 0 saturated heterocycles. The normalized spacial score (nSPS) is 10.6. The molecule has 0 amide bonds. The number of nitrogens with zero attached hydrogens (tertiary/aromatic N) is 1. The molecule has 0 saturated carbocycles. The molecule has 1 heterocycles. The average Bonchev–Trinajstić information content (AvgIpc) is 2.16. The van der Waals surface area contributed by atoms with Crippen LogP contribution in [0.25, 0.3) is 0 Å². The first-order chi connectivity index (χ1) is 6.72. The topological polar surface area (TPSA) is 37.0 Å². The molecule has 0 atom stereocenters. The molecule has 0 aromatic carbocycles. The van der Waals surface area contributed by atoms with Crippen LogP contribution < -0.4 is 10.6 Å². The predicted octanol–water partition coefficient (Wildman–Crippen LogP) is 1.87. The third-order valence-corrected chi connectivity index (χ3v) is 1.90. The first-order valence-corrected chi connectivity index (χ1v) is 5.05. The van der Waals surface area contributed by atoms with Gasteiger partial charge in [0.25, 0.3) is 0 Å². The summed E-state index contributed by atoms with van der Waals surface area (Å²) in [7, 11) is 1.95. The van der Waals surface area contributed by atoms with Crippen LogP contribution in [0, 0.1) is 5.92 Å². The fourth-order valence-electron chi connectivity index (χ4n) is 1.19. The van der Waals surface area contributed by atoms with E-state index in [1.807, 2.05) is 19.3 Å². The summed E-state index contributed by atoms with van der Waals surface area (Å²) in [6.45, 7) is 6.23. The van der Waals surface area contributed by atoms with Gasteiger partial charge >= 0.3 is 0 Å². The molecular weight excluding hydrogens is 174 g/mol. The summed E-state index contributed by atoms with van der Waals surface area (Å²) in [4.78, 5) is 4.25. The van der Waals surface area contributed by atoms with E-state index >= 15 is 0 Å². The van der Waals surface area contributed by atoms with Crippen molar-refractivity contribution in [1.82, 2.24) is 10.3 Å². The van der Waals surface area contributed by atoms with Crippen LogP contribution in [0.15, 0.2) is 18.3 Å².